The van der Waals surface area contributed by atoms with Gasteiger partial charge in [-0.25, -0.2) is 13.1 Å². The van der Waals surface area contributed by atoms with Crippen molar-refractivity contribution in [2.75, 3.05) is 13.6 Å². The normalized spacial score (nSPS) is 22.1. The molecule has 2 N–H and O–H groups in total. The maximum absolute atomic E-state index is 12.1. The molecule has 1 fully saturated rings. The van der Waals surface area contributed by atoms with Crippen molar-refractivity contribution in [1.82, 2.24) is 10.0 Å². The number of nitrogens with one attached hydrogen (secondary N) is 2. The average molecular weight is 288 g/mol. The molecule has 0 amide bonds. The van der Waals surface area contributed by atoms with E-state index in [-0.39, 0.29) is 0 Å². The Morgan fingerprint density at radius 2 is 2.17 bits per heavy atom. The predicted octanol–water partition coefficient (Wildman–Crippen LogP) is 1.79. The fourth-order valence-corrected chi connectivity index (χ4v) is 4.33. The first-order valence-electron chi connectivity index (χ1n) is 6.07. The van der Waals surface area contributed by atoms with Crippen LogP contribution in [0, 0.1) is 11.3 Å². The van der Waals surface area contributed by atoms with Gasteiger partial charge >= 0.3 is 0 Å². The second-order valence-corrected chi connectivity index (χ2v) is 8.45. The summed E-state index contributed by atoms with van der Waals surface area (Å²) in [5, 5.41) is 4.89. The zero-order valence-corrected chi connectivity index (χ0v) is 12.6. The Hall–Kier alpha value is -0.430. The molecule has 1 aromatic heterocycles. The minimum Gasteiger partial charge on any atom is -0.316 e. The van der Waals surface area contributed by atoms with Crippen molar-refractivity contribution in [2.24, 2.45) is 11.3 Å². The molecule has 0 radical (unpaired) electrons. The molecule has 0 aliphatic heterocycles. The van der Waals surface area contributed by atoms with Gasteiger partial charge in [0.1, 0.15) is 4.21 Å². The number of sulfonamides is 1. The van der Waals surface area contributed by atoms with Crippen LogP contribution in [0.3, 0.4) is 0 Å². The van der Waals surface area contributed by atoms with Gasteiger partial charge in [-0.1, -0.05) is 13.8 Å². The lowest BCUT2D eigenvalue weighted by Crippen LogP contribution is -2.26. The van der Waals surface area contributed by atoms with Crippen LogP contribution < -0.4 is 10.0 Å². The van der Waals surface area contributed by atoms with Gasteiger partial charge in [-0.3, -0.25) is 0 Å². The number of rotatable bonds is 6. The van der Waals surface area contributed by atoms with Gasteiger partial charge in [-0.15, -0.1) is 11.3 Å². The largest absolute Gasteiger partial charge is 0.316 e. The summed E-state index contributed by atoms with van der Waals surface area (Å²) in [6, 6.07) is 1.74. The molecule has 1 heterocycles. The zero-order valence-electron chi connectivity index (χ0n) is 11.0. The van der Waals surface area contributed by atoms with E-state index in [4.69, 9.17) is 0 Å². The second-order valence-electron chi connectivity index (χ2n) is 5.55. The Kier molecular flexibility index (Phi) is 3.82. The number of hydrogen-bond donors (Lipinski definition) is 2. The van der Waals surface area contributed by atoms with E-state index in [0.717, 1.165) is 12.0 Å². The van der Waals surface area contributed by atoms with Crippen molar-refractivity contribution in [1.29, 1.82) is 0 Å². The van der Waals surface area contributed by atoms with Crippen molar-refractivity contribution >= 4 is 21.4 Å². The Labute approximate surface area is 113 Å². The molecule has 1 saturated carbocycles. The van der Waals surface area contributed by atoms with Crippen LogP contribution in [-0.2, 0) is 16.6 Å². The van der Waals surface area contributed by atoms with Gasteiger partial charge in [0.2, 0.25) is 10.0 Å². The molecular formula is C12H20N2O2S2. The van der Waals surface area contributed by atoms with Crippen LogP contribution in [0.15, 0.2) is 15.7 Å². The summed E-state index contributed by atoms with van der Waals surface area (Å²) < 4.78 is 27.3. The summed E-state index contributed by atoms with van der Waals surface area (Å²) in [4.78, 5) is 0. The molecular weight excluding hydrogens is 268 g/mol. The van der Waals surface area contributed by atoms with Crippen molar-refractivity contribution < 1.29 is 8.42 Å². The van der Waals surface area contributed by atoms with E-state index in [9.17, 15) is 8.42 Å². The Balaban J connectivity index is 1.97. The van der Waals surface area contributed by atoms with E-state index < -0.39 is 10.0 Å². The molecule has 0 aromatic carbocycles. The lowest BCUT2D eigenvalue weighted by molar-refractivity contribution is 0.538. The van der Waals surface area contributed by atoms with E-state index in [2.05, 4.69) is 23.9 Å². The highest BCUT2D eigenvalue weighted by Gasteiger charge is 2.45. The minimum atomic E-state index is -3.32. The van der Waals surface area contributed by atoms with Crippen LogP contribution in [0.2, 0.25) is 0 Å². The molecule has 2 rings (SSSR count). The number of hydrogen-bond acceptors (Lipinski definition) is 4. The summed E-state index contributed by atoms with van der Waals surface area (Å²) in [6.45, 7) is 5.58. The predicted molar refractivity (Wildman–Crippen MR) is 74.2 cm³/mol. The minimum absolute atomic E-state index is 0.301. The lowest BCUT2D eigenvalue weighted by Gasteiger charge is -2.05. The zero-order chi connectivity index (χ0) is 13.4. The molecule has 4 nitrogen and oxygen atoms in total. The van der Waals surface area contributed by atoms with Crippen LogP contribution in [0.25, 0.3) is 0 Å². The van der Waals surface area contributed by atoms with Crippen molar-refractivity contribution in [3.8, 4) is 0 Å². The fourth-order valence-electron chi connectivity index (χ4n) is 2.00. The number of thiophene rings is 1. The molecule has 1 aliphatic rings. The van der Waals surface area contributed by atoms with Crippen LogP contribution in [-0.4, -0.2) is 22.0 Å². The molecule has 102 valence electrons. The maximum atomic E-state index is 12.1. The molecule has 0 spiro atoms. The highest BCUT2D eigenvalue weighted by Crippen LogP contribution is 2.51. The van der Waals surface area contributed by atoms with Gasteiger partial charge in [0, 0.05) is 13.1 Å². The summed E-state index contributed by atoms with van der Waals surface area (Å²) in [5.41, 5.74) is 1.31. The van der Waals surface area contributed by atoms with Crippen LogP contribution >= 0.6 is 11.3 Å². The summed E-state index contributed by atoms with van der Waals surface area (Å²) in [6.07, 6.45) is 1.10. The van der Waals surface area contributed by atoms with Gasteiger partial charge in [-0.2, -0.15) is 0 Å². The Morgan fingerprint density at radius 3 is 2.72 bits per heavy atom. The Bertz CT molecular complexity index is 520. The summed E-state index contributed by atoms with van der Waals surface area (Å²) in [7, 11) is -1.48. The molecule has 0 saturated heterocycles. The first-order chi connectivity index (χ1) is 8.35. The maximum Gasteiger partial charge on any atom is 0.250 e. The van der Waals surface area contributed by atoms with Crippen molar-refractivity contribution in [3.63, 3.8) is 0 Å². The molecule has 1 aliphatic carbocycles. The fraction of sp³-hybridized carbons (Fsp3) is 0.667. The van der Waals surface area contributed by atoms with Crippen LogP contribution in [0.4, 0.5) is 0 Å². The second kappa shape index (κ2) is 4.92. The summed E-state index contributed by atoms with van der Waals surface area (Å²) >= 11 is 1.28. The highest BCUT2D eigenvalue weighted by atomic mass is 32.2. The first-order valence-corrected chi connectivity index (χ1v) is 8.43. The van der Waals surface area contributed by atoms with E-state index in [1.54, 1.807) is 6.07 Å². The van der Waals surface area contributed by atoms with E-state index >= 15 is 0 Å². The monoisotopic (exact) mass is 288 g/mol. The highest BCUT2D eigenvalue weighted by molar-refractivity contribution is 7.91. The average Bonchev–Trinajstić information content (AvgIpc) is 2.71. The molecule has 0 bridgehead atoms. The van der Waals surface area contributed by atoms with E-state index in [0.29, 0.717) is 28.6 Å². The Morgan fingerprint density at radius 1 is 1.50 bits per heavy atom. The van der Waals surface area contributed by atoms with E-state index in [1.165, 1.54) is 11.3 Å². The van der Waals surface area contributed by atoms with Gasteiger partial charge in [-0.05, 0) is 41.8 Å². The molecule has 1 aromatic rings. The standard InChI is InChI=1S/C12H20N2O2S2/c1-12(2)5-10(12)7-14-18(15,16)11-4-9(6-13-3)8-17-11/h4,8,10,13-14H,5-7H2,1-3H3. The van der Waals surface area contributed by atoms with Gasteiger partial charge in [0.25, 0.3) is 0 Å². The topological polar surface area (TPSA) is 58.2 Å². The third kappa shape index (κ3) is 3.12. The van der Waals surface area contributed by atoms with Gasteiger partial charge < -0.3 is 5.32 Å². The molecule has 1 atom stereocenters. The van der Waals surface area contributed by atoms with Crippen LogP contribution in [0.1, 0.15) is 25.8 Å². The summed E-state index contributed by atoms with van der Waals surface area (Å²) in [5.74, 6) is 0.476. The smallest absolute Gasteiger partial charge is 0.250 e. The van der Waals surface area contributed by atoms with E-state index in [1.807, 2.05) is 12.4 Å². The molecule has 6 heteroatoms. The third-order valence-corrected chi connectivity index (χ3v) is 6.42. The van der Waals surface area contributed by atoms with Crippen LogP contribution in [0.5, 0.6) is 0 Å². The quantitative estimate of drug-likeness (QED) is 0.839. The van der Waals surface area contributed by atoms with Crippen molar-refractivity contribution in [2.45, 2.75) is 31.0 Å². The SMILES string of the molecule is CNCc1csc(S(=O)(=O)NCC2CC2(C)C)c1. The molecule has 1 unspecified atom stereocenters. The first kappa shape index (κ1) is 14.0. The molecule has 18 heavy (non-hydrogen) atoms. The lowest BCUT2D eigenvalue weighted by atomic mass is 10.1. The van der Waals surface area contributed by atoms with Gasteiger partial charge in [0.05, 0.1) is 0 Å². The van der Waals surface area contributed by atoms with Crippen molar-refractivity contribution in [3.05, 3.63) is 17.0 Å². The van der Waals surface area contributed by atoms with Gasteiger partial charge in [0.15, 0.2) is 0 Å². The third-order valence-electron chi connectivity index (χ3n) is 3.51.